The van der Waals surface area contributed by atoms with Crippen LogP contribution in [0.15, 0.2) is 30.6 Å². The van der Waals surface area contributed by atoms with Crippen molar-refractivity contribution in [2.45, 2.75) is 27.2 Å². The van der Waals surface area contributed by atoms with Crippen LogP contribution in [0.2, 0.25) is 0 Å². The van der Waals surface area contributed by atoms with Crippen LogP contribution in [0.4, 0.5) is 5.82 Å². The van der Waals surface area contributed by atoms with E-state index in [0.29, 0.717) is 12.2 Å². The van der Waals surface area contributed by atoms with Crippen LogP contribution in [-0.4, -0.2) is 15.9 Å². The van der Waals surface area contributed by atoms with Crippen molar-refractivity contribution >= 4 is 22.6 Å². The van der Waals surface area contributed by atoms with Crippen LogP contribution in [0, 0.1) is 5.41 Å². The van der Waals surface area contributed by atoms with Gasteiger partial charge in [-0.05, 0) is 17.5 Å². The van der Waals surface area contributed by atoms with Gasteiger partial charge in [0.05, 0.1) is 0 Å². The van der Waals surface area contributed by atoms with Crippen LogP contribution in [0.25, 0.3) is 10.9 Å². The molecule has 0 aliphatic rings. The maximum atomic E-state index is 11.9. The molecule has 4 nitrogen and oxygen atoms in total. The van der Waals surface area contributed by atoms with E-state index in [1.165, 1.54) is 0 Å². The molecule has 0 aliphatic heterocycles. The van der Waals surface area contributed by atoms with Crippen molar-refractivity contribution in [2.75, 3.05) is 5.32 Å². The summed E-state index contributed by atoms with van der Waals surface area (Å²) in [6, 6.07) is 5.69. The molecule has 0 spiro atoms. The fourth-order valence-electron chi connectivity index (χ4n) is 1.75. The second kappa shape index (κ2) is 4.72. The van der Waals surface area contributed by atoms with Gasteiger partial charge in [-0.2, -0.15) is 0 Å². The monoisotopic (exact) mass is 243 g/mol. The Bertz CT molecular complexity index is 567. The highest BCUT2D eigenvalue weighted by atomic mass is 16.1. The van der Waals surface area contributed by atoms with Gasteiger partial charge in [0, 0.05) is 24.2 Å². The lowest BCUT2D eigenvalue weighted by Crippen LogP contribution is -2.20. The second-order valence-electron chi connectivity index (χ2n) is 5.52. The molecule has 2 heterocycles. The molecular formula is C14H17N3O. The highest BCUT2D eigenvalue weighted by molar-refractivity contribution is 5.98. The number of anilines is 1. The summed E-state index contributed by atoms with van der Waals surface area (Å²) < 4.78 is 0. The molecule has 0 radical (unpaired) electrons. The predicted octanol–water partition coefficient (Wildman–Crippen LogP) is 3.00. The molecule has 0 aliphatic carbocycles. The molecule has 1 amide bonds. The number of pyridine rings is 2. The summed E-state index contributed by atoms with van der Waals surface area (Å²) in [5, 5.41) is 3.80. The molecule has 0 saturated heterocycles. The summed E-state index contributed by atoms with van der Waals surface area (Å²) >= 11 is 0. The van der Waals surface area contributed by atoms with Crippen LogP contribution >= 0.6 is 0 Å². The fourth-order valence-corrected chi connectivity index (χ4v) is 1.75. The van der Waals surface area contributed by atoms with E-state index in [4.69, 9.17) is 0 Å². The predicted molar refractivity (Wildman–Crippen MR) is 72.2 cm³/mol. The van der Waals surface area contributed by atoms with Gasteiger partial charge in [0.15, 0.2) is 5.82 Å². The molecule has 2 aromatic heterocycles. The number of carbonyl (C=O) groups excluding carboxylic acids is 1. The molecular weight excluding hydrogens is 226 g/mol. The molecule has 2 aromatic rings. The maximum Gasteiger partial charge on any atom is 0.226 e. The van der Waals surface area contributed by atoms with Gasteiger partial charge in [-0.15, -0.1) is 0 Å². The first-order chi connectivity index (χ1) is 8.46. The zero-order valence-corrected chi connectivity index (χ0v) is 10.9. The first-order valence-corrected chi connectivity index (χ1v) is 5.95. The summed E-state index contributed by atoms with van der Waals surface area (Å²) in [7, 11) is 0. The number of amides is 1. The largest absolute Gasteiger partial charge is 0.309 e. The number of rotatable bonds is 2. The molecule has 0 unspecified atom stereocenters. The lowest BCUT2D eigenvalue weighted by molar-refractivity contribution is -0.117. The molecule has 4 heteroatoms. The average molecular weight is 243 g/mol. The van der Waals surface area contributed by atoms with E-state index in [2.05, 4.69) is 15.3 Å². The lowest BCUT2D eigenvalue weighted by Gasteiger charge is -2.17. The van der Waals surface area contributed by atoms with Gasteiger partial charge >= 0.3 is 0 Å². The standard InChI is InChI=1S/C14H17N3O/c1-14(2,3)9-11(18)17-13-12-10(6-8-16-13)5-4-7-15-12/h4-8H,9H2,1-3H3,(H,16,17,18). The fraction of sp³-hybridized carbons (Fsp3) is 0.357. The first-order valence-electron chi connectivity index (χ1n) is 5.95. The van der Waals surface area contributed by atoms with Gasteiger partial charge in [-0.1, -0.05) is 26.8 Å². The van der Waals surface area contributed by atoms with Gasteiger partial charge in [0.2, 0.25) is 5.91 Å². The third-order valence-electron chi connectivity index (χ3n) is 2.47. The number of nitrogens with one attached hydrogen (secondary N) is 1. The van der Waals surface area contributed by atoms with E-state index in [0.717, 1.165) is 10.9 Å². The Hall–Kier alpha value is -1.97. The van der Waals surface area contributed by atoms with Crippen molar-refractivity contribution in [1.82, 2.24) is 9.97 Å². The quantitative estimate of drug-likeness (QED) is 0.882. The number of aromatic nitrogens is 2. The number of fused-ring (bicyclic) bond motifs is 1. The van der Waals surface area contributed by atoms with Crippen molar-refractivity contribution in [3.05, 3.63) is 30.6 Å². The van der Waals surface area contributed by atoms with Gasteiger partial charge < -0.3 is 5.32 Å². The maximum absolute atomic E-state index is 11.9. The van der Waals surface area contributed by atoms with Gasteiger partial charge in [-0.25, -0.2) is 4.98 Å². The summed E-state index contributed by atoms with van der Waals surface area (Å²) in [6.07, 6.45) is 3.83. The highest BCUT2D eigenvalue weighted by Crippen LogP contribution is 2.21. The van der Waals surface area contributed by atoms with E-state index in [1.54, 1.807) is 12.4 Å². The molecule has 2 rings (SSSR count). The summed E-state index contributed by atoms with van der Waals surface area (Å²) in [5.74, 6) is 0.496. The van der Waals surface area contributed by atoms with Crippen molar-refractivity contribution in [3.8, 4) is 0 Å². The van der Waals surface area contributed by atoms with E-state index >= 15 is 0 Å². The van der Waals surface area contributed by atoms with Crippen LogP contribution < -0.4 is 5.32 Å². The number of hydrogen-bond acceptors (Lipinski definition) is 3. The minimum absolute atomic E-state index is 0.0341. The molecule has 0 fully saturated rings. The van der Waals surface area contributed by atoms with Crippen LogP contribution in [0.1, 0.15) is 27.2 Å². The van der Waals surface area contributed by atoms with Gasteiger partial charge in [0.25, 0.3) is 0 Å². The van der Waals surface area contributed by atoms with Crippen LogP contribution in [0.3, 0.4) is 0 Å². The van der Waals surface area contributed by atoms with Crippen molar-refractivity contribution in [2.24, 2.45) is 5.41 Å². The Labute approximate surface area is 106 Å². The Morgan fingerprint density at radius 2 is 2.00 bits per heavy atom. The molecule has 0 atom stereocenters. The van der Waals surface area contributed by atoms with E-state index < -0.39 is 0 Å². The van der Waals surface area contributed by atoms with E-state index in [-0.39, 0.29) is 11.3 Å². The Morgan fingerprint density at radius 3 is 2.72 bits per heavy atom. The third-order valence-corrected chi connectivity index (χ3v) is 2.47. The molecule has 0 saturated carbocycles. The Morgan fingerprint density at radius 1 is 1.22 bits per heavy atom. The lowest BCUT2D eigenvalue weighted by atomic mass is 9.92. The number of hydrogen-bond donors (Lipinski definition) is 1. The smallest absolute Gasteiger partial charge is 0.226 e. The SMILES string of the molecule is CC(C)(C)CC(=O)Nc1nccc2cccnc12. The zero-order valence-electron chi connectivity index (χ0n) is 10.9. The topological polar surface area (TPSA) is 54.9 Å². The van der Waals surface area contributed by atoms with Crippen molar-refractivity contribution in [1.29, 1.82) is 0 Å². The van der Waals surface area contributed by atoms with Crippen LogP contribution in [-0.2, 0) is 4.79 Å². The van der Waals surface area contributed by atoms with E-state index in [1.807, 2.05) is 39.0 Å². The van der Waals surface area contributed by atoms with E-state index in [9.17, 15) is 4.79 Å². The zero-order chi connectivity index (χ0) is 13.2. The second-order valence-corrected chi connectivity index (χ2v) is 5.52. The minimum atomic E-state index is -0.0396. The minimum Gasteiger partial charge on any atom is -0.309 e. The number of carbonyl (C=O) groups is 1. The molecule has 1 N–H and O–H groups in total. The summed E-state index contributed by atoms with van der Waals surface area (Å²) in [4.78, 5) is 20.3. The molecule has 94 valence electrons. The average Bonchev–Trinajstić information content (AvgIpc) is 2.27. The Kier molecular flexibility index (Phi) is 3.28. The number of nitrogens with zero attached hydrogens (tertiary/aromatic N) is 2. The summed E-state index contributed by atoms with van der Waals surface area (Å²) in [6.45, 7) is 6.09. The molecule has 0 aromatic carbocycles. The Balaban J connectivity index is 2.24. The normalized spacial score (nSPS) is 11.5. The van der Waals surface area contributed by atoms with Crippen molar-refractivity contribution < 1.29 is 4.79 Å². The van der Waals surface area contributed by atoms with Crippen LogP contribution in [0.5, 0.6) is 0 Å². The molecule has 18 heavy (non-hydrogen) atoms. The van der Waals surface area contributed by atoms with Gasteiger partial charge in [0.1, 0.15) is 5.52 Å². The highest BCUT2D eigenvalue weighted by Gasteiger charge is 2.17. The third kappa shape index (κ3) is 3.03. The van der Waals surface area contributed by atoms with Gasteiger partial charge in [-0.3, -0.25) is 9.78 Å². The van der Waals surface area contributed by atoms with Crippen molar-refractivity contribution in [3.63, 3.8) is 0 Å². The summed E-state index contributed by atoms with van der Waals surface area (Å²) in [5.41, 5.74) is 0.685. The molecule has 0 bridgehead atoms. The first kappa shape index (κ1) is 12.5.